The van der Waals surface area contributed by atoms with E-state index in [-0.39, 0.29) is 12.6 Å². The van der Waals surface area contributed by atoms with Crippen molar-refractivity contribution in [3.8, 4) is 0 Å². The highest BCUT2D eigenvalue weighted by Gasteiger charge is 2.29. The maximum atomic E-state index is 12.8. The fourth-order valence-electron chi connectivity index (χ4n) is 4.95. The first-order valence-corrected chi connectivity index (χ1v) is 10.8. The molecule has 0 bridgehead atoms. The average molecular weight is 387 g/mol. The maximum Gasteiger partial charge on any atom is 0.317 e. The van der Waals surface area contributed by atoms with Crippen molar-refractivity contribution in [3.05, 3.63) is 35.9 Å². The molecule has 2 fully saturated rings. The summed E-state index contributed by atoms with van der Waals surface area (Å²) in [6.07, 6.45) is 7.10. The number of likely N-dealkylation sites (tertiary alicyclic amines) is 1. The number of amides is 1. The molecule has 0 spiro atoms. The summed E-state index contributed by atoms with van der Waals surface area (Å²) in [5, 5.41) is 9.05. The van der Waals surface area contributed by atoms with Crippen LogP contribution >= 0.6 is 0 Å². The van der Waals surface area contributed by atoms with Gasteiger partial charge in [0.1, 0.15) is 0 Å². The van der Waals surface area contributed by atoms with Gasteiger partial charge in [0, 0.05) is 25.6 Å². The molecule has 1 saturated heterocycles. The molecule has 0 atom stereocenters. The van der Waals surface area contributed by atoms with Gasteiger partial charge < -0.3 is 10.0 Å². The van der Waals surface area contributed by atoms with Crippen molar-refractivity contribution in [3.63, 3.8) is 0 Å². The fraction of sp³-hybridized carbons (Fsp3) is 0.652. The molecule has 0 radical (unpaired) electrons. The molecule has 1 aromatic carbocycles. The molecule has 0 aromatic heterocycles. The largest absolute Gasteiger partial charge is 0.480 e. The van der Waals surface area contributed by atoms with Gasteiger partial charge in [-0.25, -0.2) is 0 Å². The van der Waals surface area contributed by atoms with E-state index >= 15 is 0 Å². The van der Waals surface area contributed by atoms with Crippen molar-refractivity contribution >= 4 is 11.9 Å². The van der Waals surface area contributed by atoms with Crippen LogP contribution in [0.15, 0.2) is 30.3 Å². The molecule has 154 valence electrons. The molecular weight excluding hydrogens is 352 g/mol. The molecule has 3 rings (SSSR count). The topological polar surface area (TPSA) is 60.9 Å². The molecule has 0 unspecified atom stereocenters. The molecule has 5 heteroatoms. The quantitative estimate of drug-likeness (QED) is 0.775. The first-order valence-electron chi connectivity index (χ1n) is 10.8. The number of carbonyl (C=O) groups excluding carboxylic acids is 1. The number of nitrogens with zero attached hydrogens (tertiary/aromatic N) is 2. The van der Waals surface area contributed by atoms with Crippen molar-refractivity contribution in [2.45, 2.75) is 63.8 Å². The zero-order valence-corrected chi connectivity index (χ0v) is 17.1. The second-order valence-corrected chi connectivity index (χ2v) is 8.40. The van der Waals surface area contributed by atoms with Crippen LogP contribution in [0.1, 0.15) is 63.4 Å². The van der Waals surface area contributed by atoms with Crippen LogP contribution < -0.4 is 0 Å². The summed E-state index contributed by atoms with van der Waals surface area (Å²) >= 11 is 0. The minimum atomic E-state index is -0.772. The predicted octanol–water partition coefficient (Wildman–Crippen LogP) is 3.75. The summed E-state index contributed by atoms with van der Waals surface area (Å²) in [5.41, 5.74) is 1.44. The van der Waals surface area contributed by atoms with Gasteiger partial charge in [-0.15, -0.1) is 0 Å². The van der Waals surface area contributed by atoms with E-state index in [1.807, 2.05) is 16.7 Å². The van der Waals surface area contributed by atoms with Gasteiger partial charge in [-0.3, -0.25) is 14.5 Å². The average Bonchev–Trinajstić information content (AvgIpc) is 2.73. The van der Waals surface area contributed by atoms with Crippen molar-refractivity contribution < 1.29 is 14.7 Å². The number of carboxylic acid groups (broad SMARTS) is 1. The lowest BCUT2D eigenvalue weighted by Crippen LogP contribution is -2.48. The van der Waals surface area contributed by atoms with E-state index in [9.17, 15) is 9.59 Å². The van der Waals surface area contributed by atoms with E-state index in [1.54, 1.807) is 0 Å². The Morgan fingerprint density at radius 2 is 1.68 bits per heavy atom. The summed E-state index contributed by atoms with van der Waals surface area (Å²) in [6, 6.07) is 11.0. The van der Waals surface area contributed by atoms with Crippen LogP contribution in [0.3, 0.4) is 0 Å². The van der Waals surface area contributed by atoms with Crippen LogP contribution in [-0.2, 0) is 9.59 Å². The predicted molar refractivity (Wildman–Crippen MR) is 110 cm³/mol. The van der Waals surface area contributed by atoms with Crippen LogP contribution in [0.25, 0.3) is 0 Å². The summed E-state index contributed by atoms with van der Waals surface area (Å²) in [6.45, 7) is 4.37. The number of likely N-dealkylation sites (N-methyl/N-ethyl adjacent to an activating group) is 1. The molecule has 1 aromatic rings. The first kappa shape index (κ1) is 20.8. The van der Waals surface area contributed by atoms with E-state index in [2.05, 4.69) is 30.3 Å². The van der Waals surface area contributed by atoms with Crippen LogP contribution in [0.5, 0.6) is 0 Å². The molecule has 2 aliphatic rings. The van der Waals surface area contributed by atoms with E-state index in [4.69, 9.17) is 5.11 Å². The number of hydrogen-bond donors (Lipinski definition) is 1. The smallest absolute Gasteiger partial charge is 0.317 e. The van der Waals surface area contributed by atoms with E-state index < -0.39 is 5.97 Å². The molecule has 1 amide bonds. The number of carboxylic acids is 1. The highest BCUT2D eigenvalue weighted by Crippen LogP contribution is 2.37. The van der Waals surface area contributed by atoms with E-state index in [0.29, 0.717) is 24.2 Å². The minimum absolute atomic E-state index is 0.0970. The third-order valence-electron chi connectivity index (χ3n) is 6.66. The molecule has 1 N–H and O–H groups in total. The van der Waals surface area contributed by atoms with Crippen LogP contribution in [0.4, 0.5) is 0 Å². The van der Waals surface area contributed by atoms with Crippen molar-refractivity contribution in [2.24, 2.45) is 5.92 Å². The standard InChI is InChI=1S/C23H34N2O3/c1-2-24(17-23(27)28)21-12-14-25(15-13-21)22(26)16-18-8-10-20(11-9-18)19-6-4-3-5-7-19/h3-7,18,20-21H,2,8-17H2,1H3,(H,27,28). The molecule has 1 aliphatic carbocycles. The van der Waals surface area contributed by atoms with Crippen LogP contribution in [0.2, 0.25) is 0 Å². The Bertz CT molecular complexity index is 633. The van der Waals surface area contributed by atoms with Crippen molar-refractivity contribution in [1.29, 1.82) is 0 Å². The fourth-order valence-corrected chi connectivity index (χ4v) is 4.95. The molecule has 1 saturated carbocycles. The summed E-state index contributed by atoms with van der Waals surface area (Å²) < 4.78 is 0. The van der Waals surface area contributed by atoms with Gasteiger partial charge in [0.2, 0.25) is 5.91 Å². The van der Waals surface area contributed by atoms with Crippen LogP contribution in [0, 0.1) is 5.92 Å². The normalized spacial score (nSPS) is 23.7. The van der Waals surface area contributed by atoms with Gasteiger partial charge in [0.05, 0.1) is 6.54 Å². The van der Waals surface area contributed by atoms with Crippen LogP contribution in [-0.4, -0.2) is 59.0 Å². The van der Waals surface area contributed by atoms with E-state index in [1.165, 1.54) is 18.4 Å². The molecule has 5 nitrogen and oxygen atoms in total. The molecular formula is C23H34N2O3. The zero-order valence-electron chi connectivity index (χ0n) is 17.1. The number of aliphatic carboxylic acids is 1. The Balaban J connectivity index is 1.41. The first-order chi connectivity index (χ1) is 13.6. The van der Waals surface area contributed by atoms with Gasteiger partial charge in [-0.2, -0.15) is 0 Å². The number of benzene rings is 1. The van der Waals surface area contributed by atoms with Gasteiger partial charge in [-0.05, 0) is 62.5 Å². The Hall–Kier alpha value is -1.88. The zero-order chi connectivity index (χ0) is 19.9. The van der Waals surface area contributed by atoms with E-state index in [0.717, 1.165) is 45.3 Å². The lowest BCUT2D eigenvalue weighted by molar-refractivity contribution is -0.140. The molecule has 1 heterocycles. The van der Waals surface area contributed by atoms with Gasteiger partial charge >= 0.3 is 5.97 Å². The number of piperidine rings is 1. The highest BCUT2D eigenvalue weighted by atomic mass is 16.4. The number of rotatable bonds is 7. The SMILES string of the molecule is CCN(CC(=O)O)C1CCN(C(=O)CC2CCC(c3ccccc3)CC2)CC1. The number of carbonyl (C=O) groups is 2. The Morgan fingerprint density at radius 3 is 2.25 bits per heavy atom. The third-order valence-corrected chi connectivity index (χ3v) is 6.66. The Labute approximate surface area is 168 Å². The minimum Gasteiger partial charge on any atom is -0.480 e. The maximum absolute atomic E-state index is 12.8. The van der Waals surface area contributed by atoms with Gasteiger partial charge in [0.25, 0.3) is 0 Å². The van der Waals surface area contributed by atoms with Crippen molar-refractivity contribution in [1.82, 2.24) is 9.80 Å². The van der Waals surface area contributed by atoms with Gasteiger partial charge in [-0.1, -0.05) is 37.3 Å². The highest BCUT2D eigenvalue weighted by molar-refractivity contribution is 5.76. The third kappa shape index (κ3) is 5.57. The molecule has 28 heavy (non-hydrogen) atoms. The summed E-state index contributed by atoms with van der Waals surface area (Å²) in [7, 11) is 0. The van der Waals surface area contributed by atoms with Gasteiger partial charge in [0.15, 0.2) is 0 Å². The summed E-state index contributed by atoms with van der Waals surface area (Å²) in [4.78, 5) is 27.8. The number of hydrogen-bond acceptors (Lipinski definition) is 3. The Kier molecular flexibility index (Phi) is 7.49. The Morgan fingerprint density at radius 1 is 1.04 bits per heavy atom. The summed E-state index contributed by atoms with van der Waals surface area (Å²) in [5.74, 6) is 0.691. The second kappa shape index (κ2) is 10.1. The van der Waals surface area contributed by atoms with Crippen molar-refractivity contribution in [2.75, 3.05) is 26.2 Å². The monoisotopic (exact) mass is 386 g/mol. The lowest BCUT2D eigenvalue weighted by Gasteiger charge is -2.38. The second-order valence-electron chi connectivity index (χ2n) is 8.40. The lowest BCUT2D eigenvalue weighted by atomic mass is 9.77. The molecule has 1 aliphatic heterocycles.